The van der Waals surface area contributed by atoms with Gasteiger partial charge in [0.2, 0.25) is 0 Å². The van der Waals surface area contributed by atoms with Gasteiger partial charge in [0, 0.05) is 0 Å². The molecule has 0 radical (unpaired) electrons. The maximum Gasteiger partial charge on any atom is 0.110 e. The summed E-state index contributed by atoms with van der Waals surface area (Å²) in [6, 6.07) is 0. The van der Waals surface area contributed by atoms with Gasteiger partial charge in [0.25, 0.3) is 0 Å². The molecule has 0 heterocycles. The number of hydroxylamine groups is 2. The van der Waals surface area contributed by atoms with Crippen molar-refractivity contribution in [3.05, 3.63) is 36.1 Å². The van der Waals surface area contributed by atoms with E-state index in [2.05, 4.69) is 12.7 Å². The fourth-order valence-electron chi connectivity index (χ4n) is 1.00. The minimum Gasteiger partial charge on any atom is -0.264 e. The highest BCUT2D eigenvalue weighted by molar-refractivity contribution is 5.21. The summed E-state index contributed by atoms with van der Waals surface area (Å²) in [5, 5.41) is 9.91. The Balaban J connectivity index is 2.41. The molecule has 13 heavy (non-hydrogen) atoms. The monoisotopic (exact) mass is 181 g/mol. The molecular weight excluding hydrogens is 166 g/mol. The van der Waals surface area contributed by atoms with Crippen LogP contribution < -0.4 is 0 Å². The second kappa shape index (κ2) is 4.25. The van der Waals surface area contributed by atoms with Crippen molar-refractivity contribution in [3.8, 4) is 0 Å². The van der Waals surface area contributed by atoms with Gasteiger partial charge in [0.05, 0.1) is 5.70 Å². The van der Waals surface area contributed by atoms with Gasteiger partial charge in [-0.05, 0) is 20.3 Å². The minimum absolute atomic E-state index is 0.0922. The smallest absolute Gasteiger partial charge is 0.110 e. The van der Waals surface area contributed by atoms with E-state index in [-0.39, 0.29) is 6.10 Å². The van der Waals surface area contributed by atoms with E-state index in [1.807, 2.05) is 19.1 Å². The van der Waals surface area contributed by atoms with Gasteiger partial charge in [-0.3, -0.25) is 5.21 Å². The van der Waals surface area contributed by atoms with Crippen LogP contribution in [0.2, 0.25) is 0 Å². The first-order valence-electron chi connectivity index (χ1n) is 4.26. The molecule has 72 valence electrons. The predicted octanol–water partition coefficient (Wildman–Crippen LogP) is 2.42. The third-order valence-electron chi connectivity index (χ3n) is 1.81. The lowest BCUT2D eigenvalue weighted by atomic mass is 10.1. The van der Waals surface area contributed by atoms with Crippen molar-refractivity contribution in [2.45, 2.75) is 26.4 Å². The van der Waals surface area contributed by atoms with E-state index >= 15 is 0 Å². The first-order chi connectivity index (χ1) is 6.09. The van der Waals surface area contributed by atoms with Gasteiger partial charge in [-0.25, -0.2) is 4.84 Å². The van der Waals surface area contributed by atoms with Gasteiger partial charge in [-0.15, -0.1) is 5.23 Å². The number of rotatable bonds is 3. The largest absolute Gasteiger partial charge is 0.264 e. The predicted molar refractivity (Wildman–Crippen MR) is 50.8 cm³/mol. The van der Waals surface area contributed by atoms with Crippen molar-refractivity contribution >= 4 is 0 Å². The van der Waals surface area contributed by atoms with Crippen LogP contribution in [0.15, 0.2) is 36.1 Å². The quantitative estimate of drug-likeness (QED) is 0.679. The fourth-order valence-corrected chi connectivity index (χ4v) is 1.00. The summed E-state index contributed by atoms with van der Waals surface area (Å²) in [5.74, 6) is 0. The molecule has 1 unspecified atom stereocenters. The fraction of sp³-hybridized carbons (Fsp3) is 0.400. The second-order valence-corrected chi connectivity index (χ2v) is 3.20. The topological polar surface area (TPSA) is 32.7 Å². The zero-order chi connectivity index (χ0) is 9.84. The number of nitrogens with zero attached hydrogens (tertiary/aromatic N) is 1. The highest BCUT2D eigenvalue weighted by Gasteiger charge is 2.11. The number of allylic oxidation sites excluding steroid dienone is 3. The van der Waals surface area contributed by atoms with E-state index in [0.717, 1.165) is 6.42 Å². The van der Waals surface area contributed by atoms with Crippen LogP contribution in [0.25, 0.3) is 0 Å². The summed E-state index contributed by atoms with van der Waals surface area (Å²) in [6.07, 6.45) is 6.65. The average Bonchev–Trinajstić information content (AvgIpc) is 2.08. The lowest BCUT2D eigenvalue weighted by molar-refractivity contribution is -0.328. The van der Waals surface area contributed by atoms with Crippen LogP contribution >= 0.6 is 0 Å². The van der Waals surface area contributed by atoms with Gasteiger partial charge < -0.3 is 0 Å². The summed E-state index contributed by atoms with van der Waals surface area (Å²) < 4.78 is 0. The molecule has 0 saturated heterocycles. The molecule has 0 aromatic rings. The standard InChI is InChI=1S/C10H15NO2/c1-8(2)11(12)13-10-6-4-9(3)5-7-10/h4-6,10,12H,1,7H2,2-3H3. The summed E-state index contributed by atoms with van der Waals surface area (Å²) in [4.78, 5) is 5.16. The zero-order valence-electron chi connectivity index (χ0n) is 8.03. The summed E-state index contributed by atoms with van der Waals surface area (Å²) >= 11 is 0. The van der Waals surface area contributed by atoms with Crippen molar-refractivity contribution < 1.29 is 10.0 Å². The Bertz CT molecular complexity index is 256. The van der Waals surface area contributed by atoms with E-state index in [4.69, 9.17) is 4.84 Å². The van der Waals surface area contributed by atoms with Gasteiger partial charge in [0.1, 0.15) is 6.10 Å². The van der Waals surface area contributed by atoms with Crippen molar-refractivity contribution in [2.24, 2.45) is 0 Å². The van der Waals surface area contributed by atoms with Crippen LogP contribution in [0, 0.1) is 0 Å². The Hall–Kier alpha value is -1.06. The van der Waals surface area contributed by atoms with Crippen LogP contribution in [-0.2, 0) is 4.84 Å². The molecule has 1 rings (SSSR count). The molecule has 1 N–H and O–H groups in total. The summed E-state index contributed by atoms with van der Waals surface area (Å²) in [5.41, 5.74) is 1.69. The third kappa shape index (κ3) is 3.05. The summed E-state index contributed by atoms with van der Waals surface area (Å²) in [7, 11) is 0. The zero-order valence-corrected chi connectivity index (χ0v) is 8.03. The Morgan fingerprint density at radius 3 is 2.92 bits per heavy atom. The molecule has 3 heteroatoms. The Morgan fingerprint density at radius 2 is 2.46 bits per heavy atom. The van der Waals surface area contributed by atoms with E-state index in [1.165, 1.54) is 5.57 Å². The van der Waals surface area contributed by atoms with Gasteiger partial charge >= 0.3 is 0 Å². The lowest BCUT2D eigenvalue weighted by Crippen LogP contribution is -2.24. The summed E-state index contributed by atoms with van der Waals surface area (Å²) in [6.45, 7) is 7.25. The first-order valence-corrected chi connectivity index (χ1v) is 4.26. The molecule has 0 aromatic carbocycles. The normalized spacial score (nSPS) is 21.2. The van der Waals surface area contributed by atoms with E-state index in [9.17, 15) is 5.21 Å². The molecular formula is C10H15NO2. The van der Waals surface area contributed by atoms with Crippen molar-refractivity contribution in [1.29, 1.82) is 0 Å². The molecule has 1 aliphatic carbocycles. The number of hydrogen-bond acceptors (Lipinski definition) is 3. The molecule has 1 aliphatic rings. The highest BCUT2D eigenvalue weighted by atomic mass is 16.9. The molecule has 0 spiro atoms. The first kappa shape index (κ1) is 10.0. The molecule has 0 bridgehead atoms. The van der Waals surface area contributed by atoms with Gasteiger partial charge in [-0.1, -0.05) is 30.4 Å². The van der Waals surface area contributed by atoms with Gasteiger partial charge in [0.15, 0.2) is 0 Å². The SMILES string of the molecule is C=C(C)N(O)OC1C=CC(C)=CC1. The van der Waals surface area contributed by atoms with Crippen LogP contribution in [-0.4, -0.2) is 16.5 Å². The molecule has 1 atom stereocenters. The highest BCUT2D eigenvalue weighted by Crippen LogP contribution is 2.14. The van der Waals surface area contributed by atoms with E-state index < -0.39 is 0 Å². The molecule has 3 nitrogen and oxygen atoms in total. The van der Waals surface area contributed by atoms with E-state index in [1.54, 1.807) is 6.92 Å². The van der Waals surface area contributed by atoms with Crippen molar-refractivity contribution in [3.63, 3.8) is 0 Å². The Morgan fingerprint density at radius 1 is 1.77 bits per heavy atom. The minimum atomic E-state index is -0.0922. The maximum absolute atomic E-state index is 9.20. The van der Waals surface area contributed by atoms with Crippen LogP contribution in [0.3, 0.4) is 0 Å². The van der Waals surface area contributed by atoms with Crippen LogP contribution in [0.1, 0.15) is 20.3 Å². The Labute approximate surface area is 78.5 Å². The Kier molecular flexibility index (Phi) is 3.28. The molecule has 0 aliphatic heterocycles. The van der Waals surface area contributed by atoms with Crippen molar-refractivity contribution in [2.75, 3.05) is 0 Å². The third-order valence-corrected chi connectivity index (χ3v) is 1.81. The number of hydrogen-bond donors (Lipinski definition) is 1. The average molecular weight is 181 g/mol. The van der Waals surface area contributed by atoms with Crippen LogP contribution in [0.5, 0.6) is 0 Å². The molecule has 0 amide bonds. The molecule has 0 saturated carbocycles. The lowest BCUT2D eigenvalue weighted by Gasteiger charge is -2.22. The van der Waals surface area contributed by atoms with Crippen molar-refractivity contribution in [1.82, 2.24) is 5.23 Å². The van der Waals surface area contributed by atoms with Gasteiger partial charge in [-0.2, -0.15) is 0 Å². The second-order valence-electron chi connectivity index (χ2n) is 3.20. The van der Waals surface area contributed by atoms with Crippen LogP contribution in [0.4, 0.5) is 0 Å². The maximum atomic E-state index is 9.20. The molecule has 0 aromatic heterocycles. The van der Waals surface area contributed by atoms with E-state index in [0.29, 0.717) is 10.9 Å². The molecule has 0 fully saturated rings.